The summed E-state index contributed by atoms with van der Waals surface area (Å²) in [6, 6.07) is 6.24. The number of carbonyl (C=O) groups excluding carboxylic acids is 1. The van der Waals surface area contributed by atoms with Crippen molar-refractivity contribution in [2.24, 2.45) is 0 Å². The topological polar surface area (TPSA) is 108 Å². The number of aryl methyl sites for hydroxylation is 1. The molecule has 0 bridgehead atoms. The molecule has 1 saturated heterocycles. The largest absolute Gasteiger partial charge is 0.463 e. The van der Waals surface area contributed by atoms with Crippen LogP contribution in [-0.2, 0) is 9.53 Å². The first-order valence-corrected chi connectivity index (χ1v) is 7.05. The molecule has 0 aromatic heterocycles. The molecule has 0 radical (unpaired) electrons. The third-order valence-electron chi connectivity index (χ3n) is 3.49. The molecule has 1 aromatic carbocycles. The van der Waals surface area contributed by atoms with Crippen molar-refractivity contribution in [2.45, 2.75) is 44.5 Å². The van der Waals surface area contributed by atoms with Gasteiger partial charge < -0.3 is 30.1 Å². The third kappa shape index (κ3) is 3.75. The Hall–Kier alpha value is -1.67. The molecular weight excluding hydrogens is 290 g/mol. The highest BCUT2D eigenvalue weighted by Gasteiger charge is 2.46. The number of hydrogen-bond acceptors (Lipinski definition) is 6. The van der Waals surface area contributed by atoms with E-state index in [-0.39, 0.29) is 5.91 Å². The first-order valence-electron chi connectivity index (χ1n) is 7.05. The van der Waals surface area contributed by atoms with Gasteiger partial charge in [-0.2, -0.15) is 0 Å². The van der Waals surface area contributed by atoms with Crippen LogP contribution in [0.15, 0.2) is 24.3 Å². The molecule has 22 heavy (non-hydrogen) atoms. The van der Waals surface area contributed by atoms with Crippen LogP contribution in [-0.4, -0.2) is 58.5 Å². The van der Waals surface area contributed by atoms with E-state index in [4.69, 9.17) is 9.47 Å². The van der Waals surface area contributed by atoms with Gasteiger partial charge in [0.2, 0.25) is 12.2 Å². The molecular formula is C15H21NO6. The first-order chi connectivity index (χ1) is 10.4. The summed E-state index contributed by atoms with van der Waals surface area (Å²) >= 11 is 0. The minimum absolute atomic E-state index is 0.389. The molecule has 1 aliphatic rings. The van der Waals surface area contributed by atoms with Crippen molar-refractivity contribution in [2.75, 3.05) is 6.61 Å². The zero-order chi connectivity index (χ0) is 16.3. The van der Waals surface area contributed by atoms with E-state index in [0.717, 1.165) is 5.56 Å². The van der Waals surface area contributed by atoms with E-state index in [2.05, 4.69) is 5.32 Å². The summed E-state index contributed by atoms with van der Waals surface area (Å²) in [6.07, 6.45) is -4.65. The van der Waals surface area contributed by atoms with Crippen LogP contribution in [0.3, 0.4) is 0 Å². The van der Waals surface area contributed by atoms with E-state index in [1.807, 2.05) is 13.0 Å². The van der Waals surface area contributed by atoms with Crippen LogP contribution in [0.1, 0.15) is 12.5 Å². The van der Waals surface area contributed by atoms with E-state index in [1.165, 1.54) is 6.92 Å². The lowest BCUT2D eigenvalue weighted by molar-refractivity contribution is -0.244. The van der Waals surface area contributed by atoms with Crippen molar-refractivity contribution in [1.29, 1.82) is 0 Å². The molecule has 5 atom stereocenters. The van der Waals surface area contributed by atoms with E-state index in [0.29, 0.717) is 5.75 Å². The SMILES string of the molecule is CC(=O)N[C@@H]1[C@H](Oc2cccc(C)c2)O[C@H](CO)[C@@H](O)[C@H]1O. The first kappa shape index (κ1) is 16.7. The van der Waals surface area contributed by atoms with Gasteiger partial charge in [0.1, 0.15) is 30.1 Å². The van der Waals surface area contributed by atoms with E-state index >= 15 is 0 Å². The molecule has 2 rings (SSSR count). The second kappa shape index (κ2) is 7.06. The summed E-state index contributed by atoms with van der Waals surface area (Å²) in [5.41, 5.74) is 0.976. The van der Waals surface area contributed by atoms with Gasteiger partial charge >= 0.3 is 0 Å². The summed E-state index contributed by atoms with van der Waals surface area (Å²) < 4.78 is 11.2. The Morgan fingerprint density at radius 2 is 2.09 bits per heavy atom. The number of carbonyl (C=O) groups is 1. The lowest BCUT2D eigenvalue weighted by atomic mass is 9.97. The van der Waals surface area contributed by atoms with Gasteiger partial charge in [-0.3, -0.25) is 4.79 Å². The molecule has 7 nitrogen and oxygen atoms in total. The zero-order valence-corrected chi connectivity index (χ0v) is 12.5. The van der Waals surface area contributed by atoms with Gasteiger partial charge in [0.05, 0.1) is 6.61 Å². The Balaban J connectivity index is 2.21. The van der Waals surface area contributed by atoms with Crippen LogP contribution in [0.25, 0.3) is 0 Å². The standard InChI is InChI=1S/C15H21NO6/c1-8-4-3-5-10(6-8)21-15-12(16-9(2)18)14(20)13(19)11(7-17)22-15/h3-6,11-15,17,19-20H,7H2,1-2H3,(H,16,18)/t11-,12+,13-,14+,15-/m1/s1. The van der Waals surface area contributed by atoms with Gasteiger partial charge in [0.25, 0.3) is 0 Å². The Kier molecular flexibility index (Phi) is 5.36. The Labute approximate surface area is 128 Å². The number of nitrogens with one attached hydrogen (secondary N) is 1. The minimum Gasteiger partial charge on any atom is -0.463 e. The number of benzene rings is 1. The van der Waals surface area contributed by atoms with Crippen molar-refractivity contribution < 1.29 is 29.6 Å². The van der Waals surface area contributed by atoms with E-state index in [1.54, 1.807) is 18.2 Å². The fourth-order valence-electron chi connectivity index (χ4n) is 2.39. The smallest absolute Gasteiger partial charge is 0.223 e. The molecule has 7 heteroatoms. The molecule has 122 valence electrons. The summed E-state index contributed by atoms with van der Waals surface area (Å²) in [5, 5.41) is 31.8. The van der Waals surface area contributed by atoms with Gasteiger partial charge in [0.15, 0.2) is 0 Å². The van der Waals surface area contributed by atoms with E-state index < -0.39 is 37.3 Å². The number of hydrogen-bond donors (Lipinski definition) is 4. The van der Waals surface area contributed by atoms with Crippen molar-refractivity contribution in [1.82, 2.24) is 5.32 Å². The lowest BCUT2D eigenvalue weighted by Gasteiger charge is -2.42. The number of amides is 1. The van der Waals surface area contributed by atoms with Crippen LogP contribution in [0, 0.1) is 6.92 Å². The van der Waals surface area contributed by atoms with Crippen molar-refractivity contribution in [3.05, 3.63) is 29.8 Å². The summed E-state index contributed by atoms with van der Waals surface area (Å²) in [4.78, 5) is 11.3. The van der Waals surface area contributed by atoms with Gasteiger partial charge in [0, 0.05) is 6.92 Å². The zero-order valence-electron chi connectivity index (χ0n) is 12.5. The average Bonchev–Trinajstić information content (AvgIpc) is 2.46. The summed E-state index contributed by atoms with van der Waals surface area (Å²) in [6.45, 7) is 2.72. The molecule has 4 N–H and O–H groups in total. The van der Waals surface area contributed by atoms with Gasteiger partial charge in [-0.1, -0.05) is 12.1 Å². The number of aliphatic hydroxyl groups is 3. The maximum absolute atomic E-state index is 11.3. The summed E-state index contributed by atoms with van der Waals surface area (Å²) in [7, 11) is 0. The van der Waals surface area contributed by atoms with Crippen molar-refractivity contribution >= 4 is 5.91 Å². The molecule has 1 fully saturated rings. The monoisotopic (exact) mass is 311 g/mol. The number of aliphatic hydroxyl groups excluding tert-OH is 3. The molecule has 1 aromatic rings. The van der Waals surface area contributed by atoms with Gasteiger partial charge in [-0.15, -0.1) is 0 Å². The second-order valence-corrected chi connectivity index (χ2v) is 5.37. The average molecular weight is 311 g/mol. The van der Waals surface area contributed by atoms with Crippen LogP contribution in [0.2, 0.25) is 0 Å². The Morgan fingerprint density at radius 3 is 2.68 bits per heavy atom. The predicted molar refractivity (Wildman–Crippen MR) is 77.2 cm³/mol. The number of rotatable bonds is 4. The highest BCUT2D eigenvalue weighted by atomic mass is 16.7. The summed E-state index contributed by atoms with van der Waals surface area (Å²) in [5.74, 6) is 0.112. The fourth-order valence-corrected chi connectivity index (χ4v) is 2.39. The predicted octanol–water partition coefficient (Wildman–Crippen LogP) is -0.682. The molecule has 0 aliphatic carbocycles. The maximum atomic E-state index is 11.3. The Morgan fingerprint density at radius 1 is 1.36 bits per heavy atom. The van der Waals surface area contributed by atoms with Crippen LogP contribution in [0.4, 0.5) is 0 Å². The normalized spacial score (nSPS) is 31.6. The molecule has 1 amide bonds. The quantitative estimate of drug-likeness (QED) is 0.587. The second-order valence-electron chi connectivity index (χ2n) is 5.37. The highest BCUT2D eigenvalue weighted by Crippen LogP contribution is 2.24. The Bertz CT molecular complexity index is 523. The fraction of sp³-hybridized carbons (Fsp3) is 0.533. The van der Waals surface area contributed by atoms with Crippen molar-refractivity contribution in [3.8, 4) is 5.75 Å². The molecule has 0 unspecified atom stereocenters. The number of ether oxygens (including phenoxy) is 2. The van der Waals surface area contributed by atoms with Crippen LogP contribution < -0.4 is 10.1 Å². The lowest BCUT2D eigenvalue weighted by Crippen LogP contribution is -2.65. The molecule has 0 saturated carbocycles. The third-order valence-corrected chi connectivity index (χ3v) is 3.49. The maximum Gasteiger partial charge on any atom is 0.223 e. The van der Waals surface area contributed by atoms with Gasteiger partial charge in [-0.25, -0.2) is 0 Å². The minimum atomic E-state index is -1.32. The molecule has 0 spiro atoms. The van der Waals surface area contributed by atoms with Gasteiger partial charge in [-0.05, 0) is 24.6 Å². The molecule has 1 aliphatic heterocycles. The van der Waals surface area contributed by atoms with Crippen LogP contribution >= 0.6 is 0 Å². The van der Waals surface area contributed by atoms with Crippen LogP contribution in [0.5, 0.6) is 5.75 Å². The van der Waals surface area contributed by atoms with Crippen molar-refractivity contribution in [3.63, 3.8) is 0 Å². The van der Waals surface area contributed by atoms with E-state index in [9.17, 15) is 20.1 Å². The molecule has 1 heterocycles. The highest BCUT2D eigenvalue weighted by molar-refractivity contribution is 5.73.